The molecule has 0 aromatic rings. The predicted molar refractivity (Wildman–Crippen MR) is 63.4 cm³/mol. The zero-order chi connectivity index (χ0) is 12.9. The molecule has 0 aromatic carbocycles. The van der Waals surface area contributed by atoms with Gasteiger partial charge in [-0.3, -0.25) is 14.9 Å². The molecule has 3 aliphatic rings. The van der Waals surface area contributed by atoms with Crippen molar-refractivity contribution >= 4 is 5.97 Å². The number of esters is 1. The molecule has 2 bridgehead atoms. The number of nitro groups is 1. The second-order valence-corrected chi connectivity index (χ2v) is 6.16. The Morgan fingerprint density at radius 3 is 2.50 bits per heavy atom. The van der Waals surface area contributed by atoms with Crippen LogP contribution in [0.15, 0.2) is 0 Å². The van der Waals surface area contributed by atoms with Gasteiger partial charge in [-0.2, -0.15) is 0 Å². The molecule has 0 aromatic heterocycles. The van der Waals surface area contributed by atoms with Gasteiger partial charge in [0.1, 0.15) is 0 Å². The Kier molecular flexibility index (Phi) is 2.61. The van der Waals surface area contributed by atoms with Gasteiger partial charge in [-0.25, -0.2) is 0 Å². The minimum Gasteiger partial charge on any atom is -0.466 e. The maximum Gasteiger partial charge on any atom is 0.306 e. The van der Waals surface area contributed by atoms with E-state index < -0.39 is 0 Å². The van der Waals surface area contributed by atoms with Crippen molar-refractivity contribution in [3.05, 3.63) is 10.1 Å². The lowest BCUT2D eigenvalue weighted by atomic mass is 9.44. The van der Waals surface area contributed by atoms with E-state index in [1.165, 1.54) is 6.42 Å². The van der Waals surface area contributed by atoms with Crippen molar-refractivity contribution in [3.8, 4) is 0 Å². The number of ether oxygens (including phenoxy) is 1. The highest BCUT2D eigenvalue weighted by Gasteiger charge is 2.71. The number of rotatable bonds is 5. The summed E-state index contributed by atoms with van der Waals surface area (Å²) in [6.07, 6.45) is 3.67. The molecule has 3 saturated carbocycles. The first-order valence-corrected chi connectivity index (χ1v) is 6.84. The fourth-order valence-electron chi connectivity index (χ4n) is 5.10. The van der Waals surface area contributed by atoms with Crippen LogP contribution >= 0.6 is 0 Å². The molecule has 3 fully saturated rings. The Balaban J connectivity index is 1.78. The number of carbonyl (C=O) groups is 1. The number of carbonyl (C=O) groups excluding carboxylic acids is 1. The van der Waals surface area contributed by atoms with E-state index >= 15 is 0 Å². The van der Waals surface area contributed by atoms with Gasteiger partial charge in [-0.1, -0.05) is 0 Å². The highest BCUT2D eigenvalue weighted by molar-refractivity contribution is 5.70. The zero-order valence-electron chi connectivity index (χ0n) is 10.6. The lowest BCUT2D eigenvalue weighted by molar-refractivity contribution is -0.512. The summed E-state index contributed by atoms with van der Waals surface area (Å²) < 4.78 is 5.01. The summed E-state index contributed by atoms with van der Waals surface area (Å²) in [7, 11) is 0. The standard InChI is InChI=1S/C13H19NO4/c1-2-18-12(15)6-13(7-14(16)17)10-4-8-3-9(10)11(13)5-8/h8-11H,2-7H2,1H3. The van der Waals surface area contributed by atoms with Crippen molar-refractivity contribution in [2.75, 3.05) is 13.2 Å². The fourth-order valence-corrected chi connectivity index (χ4v) is 5.10. The minimum atomic E-state index is -0.382. The fraction of sp³-hybridized carbons (Fsp3) is 0.923. The number of hydrogen-bond acceptors (Lipinski definition) is 4. The second-order valence-electron chi connectivity index (χ2n) is 6.16. The molecule has 2 unspecified atom stereocenters. The molecule has 3 rings (SSSR count). The van der Waals surface area contributed by atoms with Crippen molar-refractivity contribution in [3.63, 3.8) is 0 Å². The number of nitrogens with zero attached hydrogens (tertiary/aromatic N) is 1. The smallest absolute Gasteiger partial charge is 0.306 e. The van der Waals surface area contributed by atoms with Gasteiger partial charge >= 0.3 is 5.97 Å². The van der Waals surface area contributed by atoms with Crippen LogP contribution in [-0.2, 0) is 9.53 Å². The van der Waals surface area contributed by atoms with Gasteiger partial charge in [0.25, 0.3) is 0 Å². The molecule has 0 radical (unpaired) electrons. The summed E-state index contributed by atoms with van der Waals surface area (Å²) in [5.41, 5.74) is -0.382. The molecule has 5 nitrogen and oxygen atoms in total. The van der Waals surface area contributed by atoms with Gasteiger partial charge in [-0.15, -0.1) is 0 Å². The summed E-state index contributed by atoms with van der Waals surface area (Å²) in [5, 5.41) is 11.0. The van der Waals surface area contributed by atoms with E-state index in [-0.39, 0.29) is 29.3 Å². The van der Waals surface area contributed by atoms with Crippen molar-refractivity contribution in [2.45, 2.75) is 32.6 Å². The summed E-state index contributed by atoms with van der Waals surface area (Å²) in [5.74, 6) is 1.97. The van der Waals surface area contributed by atoms with Crippen LogP contribution in [0.25, 0.3) is 0 Å². The number of hydrogen-bond donors (Lipinski definition) is 0. The predicted octanol–water partition coefficient (Wildman–Crippen LogP) is 1.88. The Morgan fingerprint density at radius 2 is 2.06 bits per heavy atom. The molecular weight excluding hydrogens is 234 g/mol. The van der Waals surface area contributed by atoms with E-state index in [0.29, 0.717) is 24.4 Å². The van der Waals surface area contributed by atoms with E-state index in [2.05, 4.69) is 0 Å². The van der Waals surface area contributed by atoms with E-state index in [1.807, 2.05) is 0 Å². The SMILES string of the molecule is CCOC(=O)CC1(C[N+](=O)[O-])C2CC3CC2C1C3. The summed E-state index contributed by atoms with van der Waals surface area (Å²) >= 11 is 0. The zero-order valence-corrected chi connectivity index (χ0v) is 10.6. The topological polar surface area (TPSA) is 69.4 Å². The largest absolute Gasteiger partial charge is 0.466 e. The Labute approximate surface area is 106 Å². The van der Waals surface area contributed by atoms with Gasteiger partial charge in [0.2, 0.25) is 6.54 Å². The lowest BCUT2D eigenvalue weighted by Gasteiger charge is -2.58. The maximum absolute atomic E-state index is 11.7. The first kappa shape index (κ1) is 11.9. The van der Waals surface area contributed by atoms with Gasteiger partial charge in [-0.05, 0) is 49.9 Å². The summed E-state index contributed by atoms with van der Waals surface area (Å²) in [6.45, 7) is 2.08. The molecule has 3 aliphatic carbocycles. The van der Waals surface area contributed by atoms with Crippen LogP contribution in [0.3, 0.4) is 0 Å². The van der Waals surface area contributed by atoms with Crippen molar-refractivity contribution in [1.29, 1.82) is 0 Å². The monoisotopic (exact) mass is 253 g/mol. The van der Waals surface area contributed by atoms with Crippen molar-refractivity contribution in [1.82, 2.24) is 0 Å². The van der Waals surface area contributed by atoms with Gasteiger partial charge in [0, 0.05) is 4.92 Å². The maximum atomic E-state index is 11.7. The Morgan fingerprint density at radius 1 is 1.39 bits per heavy atom. The highest BCUT2D eigenvalue weighted by atomic mass is 16.6. The van der Waals surface area contributed by atoms with Crippen LogP contribution in [0.2, 0.25) is 0 Å². The van der Waals surface area contributed by atoms with E-state index in [4.69, 9.17) is 4.74 Å². The minimum absolute atomic E-state index is 0.0512. The second kappa shape index (κ2) is 3.93. The Bertz CT molecular complexity index is 380. The van der Waals surface area contributed by atoms with Crippen molar-refractivity contribution < 1.29 is 14.5 Å². The summed E-state index contributed by atoms with van der Waals surface area (Å²) in [6, 6.07) is 0. The molecule has 100 valence electrons. The van der Waals surface area contributed by atoms with Crippen LogP contribution in [0.1, 0.15) is 32.6 Å². The van der Waals surface area contributed by atoms with Crippen LogP contribution in [0, 0.1) is 39.2 Å². The molecule has 5 heteroatoms. The third-order valence-electron chi connectivity index (χ3n) is 5.49. The molecule has 0 aliphatic heterocycles. The highest BCUT2D eigenvalue weighted by Crippen LogP contribution is 2.73. The van der Waals surface area contributed by atoms with Gasteiger partial charge in [0.15, 0.2) is 0 Å². The quantitative estimate of drug-likeness (QED) is 0.426. The molecule has 2 atom stereocenters. The molecular formula is C13H19NO4. The van der Waals surface area contributed by atoms with E-state index in [9.17, 15) is 14.9 Å². The molecule has 0 amide bonds. The van der Waals surface area contributed by atoms with Crippen LogP contribution in [0.5, 0.6) is 0 Å². The van der Waals surface area contributed by atoms with Gasteiger partial charge in [0.05, 0.1) is 18.4 Å². The molecule has 0 N–H and O–H groups in total. The van der Waals surface area contributed by atoms with Crippen LogP contribution in [-0.4, -0.2) is 24.0 Å². The first-order chi connectivity index (χ1) is 8.56. The van der Waals surface area contributed by atoms with Gasteiger partial charge < -0.3 is 4.74 Å². The third kappa shape index (κ3) is 1.49. The molecule has 0 saturated heterocycles. The van der Waals surface area contributed by atoms with Crippen molar-refractivity contribution in [2.24, 2.45) is 29.1 Å². The average Bonchev–Trinajstić information content (AvgIpc) is 2.84. The average molecular weight is 253 g/mol. The van der Waals surface area contributed by atoms with Crippen LogP contribution < -0.4 is 0 Å². The van der Waals surface area contributed by atoms with E-state index in [1.54, 1.807) is 6.92 Å². The third-order valence-corrected chi connectivity index (χ3v) is 5.49. The van der Waals surface area contributed by atoms with Crippen LogP contribution in [0.4, 0.5) is 0 Å². The van der Waals surface area contributed by atoms with E-state index in [0.717, 1.165) is 18.8 Å². The molecule has 0 heterocycles. The summed E-state index contributed by atoms with van der Waals surface area (Å²) in [4.78, 5) is 22.5. The first-order valence-electron chi connectivity index (χ1n) is 6.84. The normalized spacial score (nSPS) is 43.6. The lowest BCUT2D eigenvalue weighted by Crippen LogP contribution is -2.59. The molecule has 0 spiro atoms. The Hall–Kier alpha value is -1.13. The molecule has 18 heavy (non-hydrogen) atoms. The number of fused-ring (bicyclic) bond motifs is 1.